The second-order valence-corrected chi connectivity index (χ2v) is 5.81. The number of nitrogens with zero attached hydrogens (tertiary/aromatic N) is 1. The van der Waals surface area contributed by atoms with Gasteiger partial charge in [0.1, 0.15) is 11.5 Å². The quantitative estimate of drug-likeness (QED) is 0.919. The van der Waals surface area contributed by atoms with Crippen molar-refractivity contribution in [2.24, 2.45) is 0 Å². The monoisotopic (exact) mass is 285 g/mol. The summed E-state index contributed by atoms with van der Waals surface area (Å²) in [4.78, 5) is 10.4. The molecule has 8 heteroatoms. The van der Waals surface area contributed by atoms with Crippen molar-refractivity contribution in [3.05, 3.63) is 35.8 Å². The maximum atomic E-state index is 13.8. The molecule has 1 heterocycles. The normalized spacial score (nSPS) is 11.5. The molecule has 0 atom stereocenters. The van der Waals surface area contributed by atoms with Gasteiger partial charge in [-0.15, -0.1) is 0 Å². The van der Waals surface area contributed by atoms with E-state index in [1.807, 2.05) is 0 Å². The molecule has 0 unspecified atom stereocenters. The van der Waals surface area contributed by atoms with Gasteiger partial charge in [-0.05, 0) is 18.2 Å². The average Bonchev–Trinajstić information content (AvgIpc) is 2.76. The molecule has 0 radical (unpaired) electrons. The fraction of sp³-hybridized carbons (Fsp3) is 0.0909. The third-order valence-electron chi connectivity index (χ3n) is 2.37. The van der Waals surface area contributed by atoms with Gasteiger partial charge in [-0.25, -0.2) is 17.6 Å². The Hall–Kier alpha value is -2.22. The van der Waals surface area contributed by atoms with Crippen LogP contribution in [0, 0.1) is 5.82 Å². The summed E-state index contributed by atoms with van der Waals surface area (Å²) in [5, 5.41) is 12.1. The summed E-state index contributed by atoms with van der Waals surface area (Å²) in [6.07, 6.45) is 0.958. The number of carboxylic acids is 1. The number of aromatic carboxylic acids is 1. The Morgan fingerprint density at radius 3 is 2.53 bits per heavy atom. The highest BCUT2D eigenvalue weighted by atomic mass is 32.2. The van der Waals surface area contributed by atoms with Gasteiger partial charge in [0.05, 0.1) is 4.90 Å². The van der Waals surface area contributed by atoms with Crippen LogP contribution in [0.5, 0.6) is 0 Å². The maximum Gasteiger partial charge on any atom is 0.374 e. The highest BCUT2D eigenvalue weighted by Crippen LogP contribution is 2.24. The lowest BCUT2D eigenvalue weighted by molar-refractivity contribution is 0.0652. The number of hydrogen-bond donors (Lipinski definition) is 1. The first-order valence-electron chi connectivity index (χ1n) is 4.99. The van der Waals surface area contributed by atoms with E-state index >= 15 is 0 Å². The van der Waals surface area contributed by atoms with Gasteiger partial charge in [0.2, 0.25) is 5.76 Å². The summed E-state index contributed by atoms with van der Waals surface area (Å²) in [5.74, 6) is -2.58. The smallest absolute Gasteiger partial charge is 0.374 e. The van der Waals surface area contributed by atoms with Crippen molar-refractivity contribution in [3.8, 4) is 11.3 Å². The van der Waals surface area contributed by atoms with Crippen LogP contribution in [0.3, 0.4) is 0 Å². The molecule has 0 fully saturated rings. The SMILES string of the molecule is CS(=O)(=O)c1ccc(-c2cc(C(=O)O)on2)c(F)c1. The summed E-state index contributed by atoms with van der Waals surface area (Å²) in [7, 11) is -3.51. The Labute approximate surface area is 107 Å². The van der Waals surface area contributed by atoms with Crippen LogP contribution in [0.4, 0.5) is 4.39 Å². The largest absolute Gasteiger partial charge is 0.475 e. The van der Waals surface area contributed by atoms with Crippen molar-refractivity contribution in [2.45, 2.75) is 4.90 Å². The molecule has 0 spiro atoms. The minimum absolute atomic E-state index is 0.0186. The van der Waals surface area contributed by atoms with Crippen LogP contribution in [0.25, 0.3) is 11.3 Å². The molecule has 19 heavy (non-hydrogen) atoms. The molecular formula is C11H8FNO5S. The molecule has 1 aromatic carbocycles. The first kappa shape index (κ1) is 13.2. The van der Waals surface area contributed by atoms with E-state index in [1.165, 1.54) is 12.1 Å². The minimum Gasteiger partial charge on any atom is -0.475 e. The van der Waals surface area contributed by atoms with Gasteiger partial charge in [0.25, 0.3) is 0 Å². The molecule has 0 aliphatic rings. The number of carboxylic acid groups (broad SMARTS) is 1. The zero-order chi connectivity index (χ0) is 14.2. The lowest BCUT2D eigenvalue weighted by Gasteiger charge is -2.01. The Kier molecular flexibility index (Phi) is 3.11. The second-order valence-electron chi connectivity index (χ2n) is 3.80. The Morgan fingerprint density at radius 1 is 1.37 bits per heavy atom. The fourth-order valence-corrected chi connectivity index (χ4v) is 2.07. The van der Waals surface area contributed by atoms with E-state index in [4.69, 9.17) is 5.11 Å². The third kappa shape index (κ3) is 2.63. The van der Waals surface area contributed by atoms with Gasteiger partial charge in [-0.1, -0.05) is 5.16 Å². The first-order valence-corrected chi connectivity index (χ1v) is 6.88. The van der Waals surface area contributed by atoms with Crippen molar-refractivity contribution < 1.29 is 27.2 Å². The van der Waals surface area contributed by atoms with Gasteiger partial charge in [-0.3, -0.25) is 0 Å². The van der Waals surface area contributed by atoms with Crippen LogP contribution in [0.1, 0.15) is 10.6 Å². The van der Waals surface area contributed by atoms with Crippen LogP contribution in [0.15, 0.2) is 33.7 Å². The van der Waals surface area contributed by atoms with Gasteiger partial charge in [0.15, 0.2) is 9.84 Å². The Balaban J connectivity index is 2.49. The number of benzene rings is 1. The number of hydrogen-bond acceptors (Lipinski definition) is 5. The molecule has 0 saturated heterocycles. The lowest BCUT2D eigenvalue weighted by atomic mass is 10.1. The summed E-state index contributed by atoms with van der Waals surface area (Å²) in [5.41, 5.74) is -0.0569. The van der Waals surface area contributed by atoms with Gasteiger partial charge in [0, 0.05) is 17.9 Å². The Bertz CT molecular complexity index is 750. The highest BCUT2D eigenvalue weighted by Gasteiger charge is 2.17. The lowest BCUT2D eigenvalue weighted by Crippen LogP contribution is -1.98. The molecule has 0 aliphatic heterocycles. The number of rotatable bonds is 3. The van der Waals surface area contributed by atoms with Crippen LogP contribution < -0.4 is 0 Å². The molecule has 0 saturated carbocycles. The third-order valence-corrected chi connectivity index (χ3v) is 3.48. The van der Waals surface area contributed by atoms with Crippen molar-refractivity contribution in [1.82, 2.24) is 5.16 Å². The van der Waals surface area contributed by atoms with E-state index in [9.17, 15) is 17.6 Å². The first-order chi connectivity index (χ1) is 8.79. The predicted octanol–water partition coefficient (Wildman–Crippen LogP) is 1.58. The van der Waals surface area contributed by atoms with E-state index in [-0.39, 0.29) is 16.2 Å². The second kappa shape index (κ2) is 4.47. The number of aromatic nitrogens is 1. The summed E-state index contributed by atoms with van der Waals surface area (Å²) < 4.78 is 40.8. The van der Waals surface area contributed by atoms with Crippen molar-refractivity contribution in [1.29, 1.82) is 0 Å². The summed E-state index contributed by atoms with van der Waals surface area (Å²) in [6, 6.07) is 4.32. The minimum atomic E-state index is -3.51. The molecule has 0 bridgehead atoms. The molecular weight excluding hydrogens is 277 g/mol. The van der Waals surface area contributed by atoms with Gasteiger partial charge >= 0.3 is 5.97 Å². The van der Waals surface area contributed by atoms with E-state index < -0.39 is 27.4 Å². The fourth-order valence-electron chi connectivity index (χ4n) is 1.44. The average molecular weight is 285 g/mol. The zero-order valence-corrected chi connectivity index (χ0v) is 10.4. The topological polar surface area (TPSA) is 97.5 Å². The predicted molar refractivity (Wildman–Crippen MR) is 62.0 cm³/mol. The van der Waals surface area contributed by atoms with Crippen LogP contribution in [0.2, 0.25) is 0 Å². The zero-order valence-electron chi connectivity index (χ0n) is 9.62. The van der Waals surface area contributed by atoms with Gasteiger partial charge < -0.3 is 9.63 Å². The van der Waals surface area contributed by atoms with E-state index in [0.717, 1.165) is 18.4 Å². The van der Waals surface area contributed by atoms with E-state index in [2.05, 4.69) is 9.68 Å². The standard InChI is InChI=1S/C11H8FNO5S/c1-19(16,17)6-2-3-7(8(12)4-6)9-5-10(11(14)15)18-13-9/h2-5H,1H3,(H,14,15). The summed E-state index contributed by atoms with van der Waals surface area (Å²) in [6.45, 7) is 0. The molecule has 100 valence electrons. The molecule has 2 aromatic rings. The molecule has 0 aliphatic carbocycles. The van der Waals surface area contributed by atoms with E-state index in [1.54, 1.807) is 0 Å². The van der Waals surface area contributed by atoms with Gasteiger partial charge in [-0.2, -0.15) is 0 Å². The number of sulfone groups is 1. The van der Waals surface area contributed by atoms with Crippen LogP contribution >= 0.6 is 0 Å². The van der Waals surface area contributed by atoms with Crippen molar-refractivity contribution >= 4 is 15.8 Å². The molecule has 0 amide bonds. The number of carbonyl (C=O) groups is 1. The summed E-state index contributed by atoms with van der Waals surface area (Å²) >= 11 is 0. The van der Waals surface area contributed by atoms with Crippen LogP contribution in [-0.4, -0.2) is 30.9 Å². The molecule has 1 aromatic heterocycles. The van der Waals surface area contributed by atoms with Crippen molar-refractivity contribution in [3.63, 3.8) is 0 Å². The Morgan fingerprint density at radius 2 is 2.05 bits per heavy atom. The van der Waals surface area contributed by atoms with Crippen molar-refractivity contribution in [2.75, 3.05) is 6.26 Å². The molecule has 1 N–H and O–H groups in total. The molecule has 6 nitrogen and oxygen atoms in total. The van der Waals surface area contributed by atoms with Crippen LogP contribution in [-0.2, 0) is 9.84 Å². The number of halogens is 1. The highest BCUT2D eigenvalue weighted by molar-refractivity contribution is 7.90. The molecule has 2 rings (SSSR count). The maximum absolute atomic E-state index is 13.8. The van der Waals surface area contributed by atoms with E-state index in [0.29, 0.717) is 0 Å².